The van der Waals surface area contributed by atoms with Crippen molar-refractivity contribution >= 4 is 17.2 Å². The molecule has 68 valence electrons. The molecule has 0 spiro atoms. The van der Waals surface area contributed by atoms with Crippen LogP contribution in [0.25, 0.3) is 5.57 Å². The fraction of sp³-hybridized carbons (Fsp3) is 0.250. The molecule has 0 saturated carbocycles. The van der Waals surface area contributed by atoms with Crippen LogP contribution in [0.2, 0.25) is 5.02 Å². The highest BCUT2D eigenvalue weighted by molar-refractivity contribution is 6.30. The Morgan fingerprint density at radius 2 is 2.15 bits per heavy atom. The fourth-order valence-corrected chi connectivity index (χ4v) is 1.49. The van der Waals surface area contributed by atoms with Gasteiger partial charge in [0.25, 0.3) is 0 Å². The van der Waals surface area contributed by atoms with Gasteiger partial charge in [-0.2, -0.15) is 0 Å². The lowest BCUT2D eigenvalue weighted by molar-refractivity contribution is 0.857. The molecule has 0 atom stereocenters. The maximum Gasteiger partial charge on any atom is 0.0412 e. The summed E-state index contributed by atoms with van der Waals surface area (Å²) in [6.07, 6.45) is 0. The Morgan fingerprint density at radius 3 is 2.62 bits per heavy atom. The predicted octanol–water partition coefficient (Wildman–Crippen LogP) is 4.16. The quantitative estimate of drug-likeness (QED) is 0.618. The molecular formula is C12H13Cl. The molecule has 0 heterocycles. The summed E-state index contributed by atoms with van der Waals surface area (Å²) < 4.78 is 0. The van der Waals surface area contributed by atoms with Crippen LogP contribution in [-0.4, -0.2) is 0 Å². The number of halogens is 1. The van der Waals surface area contributed by atoms with E-state index >= 15 is 0 Å². The third-order valence-corrected chi connectivity index (χ3v) is 2.14. The van der Waals surface area contributed by atoms with Gasteiger partial charge in [0.2, 0.25) is 0 Å². The smallest absolute Gasteiger partial charge is 0.0412 e. The number of hydrogen-bond acceptors (Lipinski definition) is 0. The third kappa shape index (κ3) is 2.48. The molecule has 0 radical (unpaired) electrons. The van der Waals surface area contributed by atoms with Gasteiger partial charge in [-0.3, -0.25) is 0 Å². The fourth-order valence-electron chi connectivity index (χ4n) is 1.30. The van der Waals surface area contributed by atoms with Crippen molar-refractivity contribution in [1.29, 1.82) is 0 Å². The molecule has 13 heavy (non-hydrogen) atoms. The van der Waals surface area contributed by atoms with Crippen molar-refractivity contribution in [3.63, 3.8) is 0 Å². The van der Waals surface area contributed by atoms with Crippen LogP contribution in [-0.2, 0) is 0 Å². The summed E-state index contributed by atoms with van der Waals surface area (Å²) in [6, 6.07) is 7.78. The Labute approximate surface area is 84.5 Å². The molecular weight excluding hydrogens is 180 g/mol. The lowest BCUT2D eigenvalue weighted by Gasteiger charge is -2.08. The van der Waals surface area contributed by atoms with Crippen molar-refractivity contribution in [2.24, 2.45) is 5.92 Å². The summed E-state index contributed by atoms with van der Waals surface area (Å²) in [5, 5.41) is 0.755. The highest BCUT2D eigenvalue weighted by atomic mass is 35.5. The van der Waals surface area contributed by atoms with E-state index in [9.17, 15) is 0 Å². The maximum atomic E-state index is 5.89. The van der Waals surface area contributed by atoms with Gasteiger partial charge in [0.1, 0.15) is 0 Å². The number of hydrogen-bond donors (Lipinski definition) is 0. The molecule has 0 nitrogen and oxygen atoms in total. The molecule has 1 heteroatoms. The molecule has 0 N–H and O–H groups in total. The molecule has 0 aliphatic rings. The SMILES string of the molecule is C=C=C(c1cccc(Cl)c1)C(C)C. The topological polar surface area (TPSA) is 0 Å². The molecule has 0 fully saturated rings. The van der Waals surface area contributed by atoms with Crippen LogP contribution in [0.1, 0.15) is 19.4 Å². The van der Waals surface area contributed by atoms with Gasteiger partial charge < -0.3 is 0 Å². The van der Waals surface area contributed by atoms with Gasteiger partial charge in [-0.15, -0.1) is 5.73 Å². The van der Waals surface area contributed by atoms with E-state index < -0.39 is 0 Å². The van der Waals surface area contributed by atoms with E-state index in [0.717, 1.165) is 16.2 Å². The van der Waals surface area contributed by atoms with Gasteiger partial charge >= 0.3 is 0 Å². The Morgan fingerprint density at radius 1 is 1.46 bits per heavy atom. The first-order chi connectivity index (χ1) is 6.15. The zero-order valence-electron chi connectivity index (χ0n) is 7.97. The number of allylic oxidation sites excluding steroid dienone is 1. The minimum absolute atomic E-state index is 0.427. The van der Waals surface area contributed by atoms with Gasteiger partial charge in [-0.1, -0.05) is 44.2 Å². The van der Waals surface area contributed by atoms with Gasteiger partial charge in [0.15, 0.2) is 0 Å². The summed E-state index contributed by atoms with van der Waals surface area (Å²) in [6.45, 7) is 7.92. The Balaban J connectivity index is 3.14. The second-order valence-corrected chi connectivity index (χ2v) is 3.69. The molecule has 0 unspecified atom stereocenters. The Kier molecular flexibility index (Phi) is 3.36. The largest absolute Gasteiger partial charge is 0.124 e. The maximum absolute atomic E-state index is 5.89. The highest BCUT2D eigenvalue weighted by Crippen LogP contribution is 2.23. The second kappa shape index (κ2) is 4.32. The van der Waals surface area contributed by atoms with Crippen LogP contribution in [0.5, 0.6) is 0 Å². The van der Waals surface area contributed by atoms with Crippen LogP contribution in [0, 0.1) is 5.92 Å². The highest BCUT2D eigenvalue weighted by Gasteiger charge is 2.05. The van der Waals surface area contributed by atoms with E-state index in [0.29, 0.717) is 5.92 Å². The summed E-state index contributed by atoms with van der Waals surface area (Å²) in [4.78, 5) is 0. The minimum atomic E-state index is 0.427. The van der Waals surface area contributed by atoms with Crippen molar-refractivity contribution in [1.82, 2.24) is 0 Å². The summed E-state index contributed by atoms with van der Waals surface area (Å²) >= 11 is 5.89. The molecule has 0 bridgehead atoms. The molecule has 0 amide bonds. The zero-order valence-corrected chi connectivity index (χ0v) is 8.73. The molecule has 1 aromatic carbocycles. The lowest BCUT2D eigenvalue weighted by atomic mass is 9.96. The molecule has 1 rings (SSSR count). The third-order valence-electron chi connectivity index (χ3n) is 1.90. The van der Waals surface area contributed by atoms with Gasteiger partial charge in [0.05, 0.1) is 0 Å². The van der Waals surface area contributed by atoms with Crippen molar-refractivity contribution in [3.05, 3.63) is 47.2 Å². The van der Waals surface area contributed by atoms with Crippen LogP contribution in [0.4, 0.5) is 0 Å². The standard InChI is InChI=1S/C12H13Cl/c1-4-12(9(2)3)10-6-5-7-11(13)8-10/h5-9H,1H2,2-3H3. The number of rotatable bonds is 2. The van der Waals surface area contributed by atoms with Crippen LogP contribution < -0.4 is 0 Å². The van der Waals surface area contributed by atoms with Crippen molar-refractivity contribution in [2.75, 3.05) is 0 Å². The van der Waals surface area contributed by atoms with E-state index in [2.05, 4.69) is 26.2 Å². The Bertz CT molecular complexity index is 344. The molecule has 0 saturated heterocycles. The van der Waals surface area contributed by atoms with Gasteiger partial charge in [-0.05, 0) is 23.6 Å². The van der Waals surface area contributed by atoms with E-state index in [1.807, 2.05) is 24.3 Å². The first kappa shape index (κ1) is 10.1. The predicted molar refractivity (Wildman–Crippen MR) is 58.8 cm³/mol. The van der Waals surface area contributed by atoms with Gasteiger partial charge in [-0.25, -0.2) is 0 Å². The van der Waals surface area contributed by atoms with E-state index in [1.54, 1.807) is 0 Å². The van der Waals surface area contributed by atoms with Crippen molar-refractivity contribution in [3.8, 4) is 0 Å². The number of benzene rings is 1. The minimum Gasteiger partial charge on any atom is -0.124 e. The molecule has 0 aliphatic carbocycles. The lowest BCUT2D eigenvalue weighted by Crippen LogP contribution is -1.91. The second-order valence-electron chi connectivity index (χ2n) is 3.26. The summed E-state index contributed by atoms with van der Waals surface area (Å²) in [5.41, 5.74) is 5.18. The van der Waals surface area contributed by atoms with Crippen LogP contribution in [0.3, 0.4) is 0 Å². The van der Waals surface area contributed by atoms with E-state index in [1.165, 1.54) is 0 Å². The summed E-state index contributed by atoms with van der Waals surface area (Å²) in [7, 11) is 0. The van der Waals surface area contributed by atoms with Gasteiger partial charge in [0, 0.05) is 10.6 Å². The van der Waals surface area contributed by atoms with Crippen LogP contribution in [0.15, 0.2) is 36.6 Å². The zero-order chi connectivity index (χ0) is 9.84. The average Bonchev–Trinajstić information content (AvgIpc) is 2.04. The summed E-state index contributed by atoms with van der Waals surface area (Å²) in [5.74, 6) is 0.427. The first-order valence-corrected chi connectivity index (χ1v) is 4.69. The normalized spacial score (nSPS) is 9.85. The monoisotopic (exact) mass is 192 g/mol. The molecule has 1 aromatic rings. The molecule has 0 aliphatic heterocycles. The van der Waals surface area contributed by atoms with E-state index in [-0.39, 0.29) is 0 Å². The van der Waals surface area contributed by atoms with Crippen molar-refractivity contribution < 1.29 is 0 Å². The first-order valence-electron chi connectivity index (χ1n) is 4.31. The van der Waals surface area contributed by atoms with Crippen LogP contribution >= 0.6 is 11.6 Å². The van der Waals surface area contributed by atoms with E-state index in [4.69, 9.17) is 11.6 Å². The van der Waals surface area contributed by atoms with Crippen molar-refractivity contribution in [2.45, 2.75) is 13.8 Å². The Hall–Kier alpha value is -0.970. The molecule has 0 aromatic heterocycles. The average molecular weight is 193 g/mol.